The van der Waals surface area contributed by atoms with Gasteiger partial charge in [-0.15, -0.1) is 0 Å². The molecule has 0 aliphatic rings. The average molecular weight is 197 g/mol. The fraction of sp³-hybridized carbons (Fsp3) is 0.857. The Morgan fingerprint density at radius 2 is 1.92 bits per heavy atom. The largest absolute Gasteiger partial charge is 0.407 e. The van der Waals surface area contributed by atoms with Gasteiger partial charge < -0.3 is 0 Å². The van der Waals surface area contributed by atoms with Gasteiger partial charge >= 0.3 is 6.18 Å². The molecule has 0 aromatic heterocycles. The van der Waals surface area contributed by atoms with Gasteiger partial charge in [-0.3, -0.25) is 10.4 Å². The van der Waals surface area contributed by atoms with E-state index in [1.807, 2.05) is 0 Å². The van der Waals surface area contributed by atoms with E-state index in [0.717, 1.165) is 5.01 Å². The Morgan fingerprint density at radius 3 is 2.15 bits per heavy atom. The Kier molecular flexibility index (Phi) is 4.19. The van der Waals surface area contributed by atoms with Crippen LogP contribution < -0.4 is 5.43 Å². The van der Waals surface area contributed by atoms with Gasteiger partial charge in [0.25, 0.3) is 0 Å². The van der Waals surface area contributed by atoms with E-state index in [1.165, 1.54) is 7.05 Å². The molecule has 0 aliphatic carbocycles. The minimum atomic E-state index is -4.29. The molecule has 0 saturated carbocycles. The predicted octanol–water partition coefficient (Wildman–Crippen LogP) is 1.62. The van der Waals surface area contributed by atoms with Crippen LogP contribution >= 0.6 is 0 Å². The molecule has 0 atom stereocenters. The van der Waals surface area contributed by atoms with E-state index >= 15 is 0 Å². The SMILES string of the molecule is CNN(CC(F)(F)F)C(=N)C(C)C. The number of rotatable bonds is 3. The van der Waals surface area contributed by atoms with Crippen molar-refractivity contribution in [2.75, 3.05) is 13.6 Å². The van der Waals surface area contributed by atoms with Crippen LogP contribution in [0.5, 0.6) is 0 Å². The van der Waals surface area contributed by atoms with E-state index in [9.17, 15) is 13.2 Å². The van der Waals surface area contributed by atoms with E-state index in [0.29, 0.717) is 0 Å². The van der Waals surface area contributed by atoms with Gasteiger partial charge in [0.05, 0.1) is 0 Å². The zero-order chi connectivity index (χ0) is 10.6. The third-order valence-corrected chi connectivity index (χ3v) is 1.44. The topological polar surface area (TPSA) is 39.1 Å². The van der Waals surface area contributed by atoms with Crippen molar-refractivity contribution in [2.24, 2.45) is 5.92 Å². The monoisotopic (exact) mass is 197 g/mol. The van der Waals surface area contributed by atoms with Gasteiger partial charge in [-0.1, -0.05) is 13.8 Å². The number of halogens is 3. The van der Waals surface area contributed by atoms with Crippen molar-refractivity contribution in [1.29, 1.82) is 5.41 Å². The fourth-order valence-electron chi connectivity index (χ4n) is 0.776. The minimum absolute atomic E-state index is 0.0696. The molecule has 6 heteroatoms. The highest BCUT2D eigenvalue weighted by atomic mass is 19.4. The highest BCUT2D eigenvalue weighted by Gasteiger charge is 2.32. The van der Waals surface area contributed by atoms with Crippen molar-refractivity contribution < 1.29 is 13.2 Å². The maximum absolute atomic E-state index is 11.9. The molecule has 0 aromatic carbocycles. The lowest BCUT2D eigenvalue weighted by molar-refractivity contribution is -0.142. The van der Waals surface area contributed by atoms with Gasteiger partial charge in [0.1, 0.15) is 12.4 Å². The average Bonchev–Trinajstić information content (AvgIpc) is 1.97. The minimum Gasteiger partial charge on any atom is -0.287 e. The van der Waals surface area contributed by atoms with Crippen LogP contribution in [0.15, 0.2) is 0 Å². The molecule has 0 spiro atoms. The number of hydrazine groups is 1. The molecular weight excluding hydrogens is 183 g/mol. The highest BCUT2D eigenvalue weighted by molar-refractivity contribution is 5.80. The van der Waals surface area contributed by atoms with Crippen molar-refractivity contribution in [3.05, 3.63) is 0 Å². The van der Waals surface area contributed by atoms with E-state index in [1.54, 1.807) is 13.8 Å². The molecule has 0 rings (SSSR count). The third kappa shape index (κ3) is 4.72. The zero-order valence-electron chi connectivity index (χ0n) is 7.87. The van der Waals surface area contributed by atoms with Gasteiger partial charge in [0.15, 0.2) is 0 Å². The number of nitrogens with one attached hydrogen (secondary N) is 2. The van der Waals surface area contributed by atoms with Crippen molar-refractivity contribution in [3.63, 3.8) is 0 Å². The first-order valence-corrected chi connectivity index (χ1v) is 3.88. The summed E-state index contributed by atoms with van der Waals surface area (Å²) in [6.07, 6.45) is -4.29. The summed E-state index contributed by atoms with van der Waals surface area (Å²) in [5, 5.41) is 8.13. The Bertz CT molecular complexity index is 176. The van der Waals surface area contributed by atoms with Gasteiger partial charge in [0.2, 0.25) is 0 Å². The van der Waals surface area contributed by atoms with Crippen molar-refractivity contribution in [2.45, 2.75) is 20.0 Å². The maximum Gasteiger partial charge on any atom is 0.407 e. The van der Waals surface area contributed by atoms with Crippen LogP contribution in [0.1, 0.15) is 13.8 Å². The second-order valence-corrected chi connectivity index (χ2v) is 2.96. The van der Waals surface area contributed by atoms with E-state index in [2.05, 4.69) is 5.43 Å². The normalized spacial score (nSPS) is 11.9. The second-order valence-electron chi connectivity index (χ2n) is 2.96. The number of alkyl halides is 3. The molecule has 0 saturated heterocycles. The summed E-state index contributed by atoms with van der Waals surface area (Å²) in [5.74, 6) is -0.297. The van der Waals surface area contributed by atoms with Gasteiger partial charge in [-0.2, -0.15) is 13.2 Å². The van der Waals surface area contributed by atoms with Crippen LogP contribution in [-0.2, 0) is 0 Å². The van der Waals surface area contributed by atoms with Gasteiger partial charge in [-0.05, 0) is 0 Å². The number of nitrogens with zero attached hydrogens (tertiary/aromatic N) is 1. The summed E-state index contributed by atoms with van der Waals surface area (Å²) in [6, 6.07) is 0. The molecule has 78 valence electrons. The third-order valence-electron chi connectivity index (χ3n) is 1.44. The first kappa shape index (κ1) is 12.2. The van der Waals surface area contributed by atoms with Gasteiger partial charge in [-0.25, -0.2) is 5.43 Å². The summed E-state index contributed by atoms with van der Waals surface area (Å²) in [4.78, 5) is 0. The van der Waals surface area contributed by atoms with Crippen molar-refractivity contribution in [3.8, 4) is 0 Å². The molecule has 0 unspecified atom stereocenters. The van der Waals surface area contributed by atoms with Crippen LogP contribution in [-0.4, -0.2) is 30.6 Å². The fourth-order valence-corrected chi connectivity index (χ4v) is 0.776. The van der Waals surface area contributed by atoms with Crippen LogP contribution in [0.3, 0.4) is 0 Å². The molecule has 0 heterocycles. The molecule has 3 nitrogen and oxygen atoms in total. The van der Waals surface area contributed by atoms with E-state index in [4.69, 9.17) is 5.41 Å². The predicted molar refractivity (Wildman–Crippen MR) is 44.4 cm³/mol. The maximum atomic E-state index is 11.9. The zero-order valence-corrected chi connectivity index (χ0v) is 7.87. The Morgan fingerprint density at radius 1 is 1.46 bits per heavy atom. The molecule has 0 aromatic rings. The molecule has 0 amide bonds. The second kappa shape index (κ2) is 4.45. The number of hydrogen-bond donors (Lipinski definition) is 2. The molecule has 2 N–H and O–H groups in total. The molecule has 0 fully saturated rings. The number of hydrogen-bond acceptors (Lipinski definition) is 2. The van der Waals surface area contributed by atoms with Crippen molar-refractivity contribution >= 4 is 5.84 Å². The lowest BCUT2D eigenvalue weighted by atomic mass is 10.2. The summed E-state index contributed by atoms with van der Waals surface area (Å²) in [6.45, 7) is 2.20. The summed E-state index contributed by atoms with van der Waals surface area (Å²) >= 11 is 0. The Labute approximate surface area is 75.4 Å². The molecule has 0 radical (unpaired) electrons. The van der Waals surface area contributed by atoms with Crippen LogP contribution in [0.4, 0.5) is 13.2 Å². The quantitative estimate of drug-likeness (QED) is 0.410. The summed E-state index contributed by atoms with van der Waals surface area (Å²) in [5.41, 5.74) is 2.33. The summed E-state index contributed by atoms with van der Waals surface area (Å²) in [7, 11) is 1.36. The van der Waals surface area contributed by atoms with E-state index in [-0.39, 0.29) is 11.8 Å². The molecule has 0 aliphatic heterocycles. The first-order chi connectivity index (χ1) is 5.78. The molecular formula is C7H14F3N3. The highest BCUT2D eigenvalue weighted by Crippen LogP contribution is 2.16. The van der Waals surface area contributed by atoms with Crippen LogP contribution in [0.2, 0.25) is 0 Å². The number of amidine groups is 1. The smallest absolute Gasteiger partial charge is 0.287 e. The molecule has 13 heavy (non-hydrogen) atoms. The van der Waals surface area contributed by atoms with Crippen LogP contribution in [0, 0.1) is 11.3 Å². The van der Waals surface area contributed by atoms with E-state index < -0.39 is 12.7 Å². The standard InChI is InChI=1S/C7H14F3N3/c1-5(2)6(11)13(12-3)4-7(8,9)10/h5,11-12H,4H2,1-3H3. The lowest BCUT2D eigenvalue weighted by Crippen LogP contribution is -2.47. The van der Waals surface area contributed by atoms with Crippen LogP contribution in [0.25, 0.3) is 0 Å². The molecule has 0 bridgehead atoms. The Balaban J connectivity index is 4.27. The Hall–Kier alpha value is -0.780. The van der Waals surface area contributed by atoms with Crippen molar-refractivity contribution in [1.82, 2.24) is 10.4 Å². The summed E-state index contributed by atoms with van der Waals surface area (Å²) < 4.78 is 35.8. The van der Waals surface area contributed by atoms with Gasteiger partial charge in [0, 0.05) is 13.0 Å². The lowest BCUT2D eigenvalue weighted by Gasteiger charge is -2.26. The first-order valence-electron chi connectivity index (χ1n) is 3.88.